The van der Waals surface area contributed by atoms with Crippen LogP contribution in [0.5, 0.6) is 0 Å². The van der Waals surface area contributed by atoms with Crippen molar-refractivity contribution in [1.82, 2.24) is 0 Å². The molecule has 0 saturated carbocycles. The van der Waals surface area contributed by atoms with Crippen LogP contribution in [0.25, 0.3) is 0 Å². The van der Waals surface area contributed by atoms with E-state index in [1.165, 1.54) is 0 Å². The Labute approximate surface area is 127 Å². The Kier molecular flexibility index (Phi) is 6.44. The van der Waals surface area contributed by atoms with Crippen molar-refractivity contribution in [3.05, 3.63) is 30.3 Å². The molecule has 0 aliphatic heterocycles. The van der Waals surface area contributed by atoms with E-state index in [-0.39, 0.29) is 37.9 Å². The standard InChI is InChI=1S/C16H22O3Se/c1-5-19-15(18)13(11-14(17)16(2,3)4)20-12-9-7-6-8-10-12/h6-10,13H,5,11H2,1-4H3. The summed E-state index contributed by atoms with van der Waals surface area (Å²) in [6, 6.07) is 9.83. The Morgan fingerprint density at radius 3 is 2.30 bits per heavy atom. The number of rotatable bonds is 6. The average Bonchev–Trinajstić information content (AvgIpc) is 2.38. The van der Waals surface area contributed by atoms with Gasteiger partial charge in [-0.1, -0.05) is 0 Å². The molecule has 0 aromatic heterocycles. The summed E-state index contributed by atoms with van der Waals surface area (Å²) < 4.78 is 6.23. The van der Waals surface area contributed by atoms with Gasteiger partial charge >= 0.3 is 127 Å². The van der Waals surface area contributed by atoms with Crippen LogP contribution >= 0.6 is 0 Å². The topological polar surface area (TPSA) is 43.4 Å². The summed E-state index contributed by atoms with van der Waals surface area (Å²) in [6.07, 6.45) is 0.261. The monoisotopic (exact) mass is 342 g/mol. The van der Waals surface area contributed by atoms with E-state index in [2.05, 4.69) is 0 Å². The normalized spacial score (nSPS) is 12.8. The summed E-state index contributed by atoms with van der Waals surface area (Å²) in [5.41, 5.74) is -0.419. The molecule has 0 aliphatic carbocycles. The van der Waals surface area contributed by atoms with Crippen LogP contribution in [0.1, 0.15) is 34.1 Å². The third-order valence-electron chi connectivity index (χ3n) is 2.78. The van der Waals surface area contributed by atoms with Gasteiger partial charge in [-0.05, 0) is 0 Å². The fourth-order valence-electron chi connectivity index (χ4n) is 1.55. The van der Waals surface area contributed by atoms with Gasteiger partial charge in [0.1, 0.15) is 0 Å². The molecule has 0 heterocycles. The first kappa shape index (κ1) is 16.9. The number of esters is 1. The van der Waals surface area contributed by atoms with Gasteiger partial charge in [-0.2, -0.15) is 0 Å². The van der Waals surface area contributed by atoms with Crippen molar-refractivity contribution in [2.75, 3.05) is 6.61 Å². The summed E-state index contributed by atoms with van der Waals surface area (Å²) in [4.78, 5) is 23.9. The zero-order valence-electron chi connectivity index (χ0n) is 12.5. The first-order chi connectivity index (χ1) is 9.34. The van der Waals surface area contributed by atoms with E-state index in [1.54, 1.807) is 6.92 Å². The van der Waals surface area contributed by atoms with E-state index in [1.807, 2.05) is 51.1 Å². The summed E-state index contributed by atoms with van der Waals surface area (Å²) >= 11 is -0.0889. The number of Topliss-reactive ketones (excluding diaryl/α,β-unsaturated/α-hetero) is 1. The molecule has 0 N–H and O–H groups in total. The van der Waals surface area contributed by atoms with E-state index in [0.717, 1.165) is 4.46 Å². The van der Waals surface area contributed by atoms with Crippen molar-refractivity contribution in [1.29, 1.82) is 0 Å². The van der Waals surface area contributed by atoms with Crippen molar-refractivity contribution in [2.45, 2.75) is 38.9 Å². The Bertz CT molecular complexity index is 449. The number of hydrogen-bond donors (Lipinski definition) is 0. The number of ether oxygens (including phenoxy) is 1. The number of carbonyl (C=O) groups is 2. The molecule has 0 aliphatic rings. The fourth-order valence-corrected chi connectivity index (χ4v) is 3.73. The third kappa shape index (κ3) is 5.48. The number of benzene rings is 1. The zero-order chi connectivity index (χ0) is 15.2. The second kappa shape index (κ2) is 7.61. The van der Waals surface area contributed by atoms with Gasteiger partial charge in [-0.25, -0.2) is 0 Å². The minimum atomic E-state index is -0.419. The van der Waals surface area contributed by atoms with Gasteiger partial charge in [0.15, 0.2) is 0 Å². The summed E-state index contributed by atoms with van der Waals surface area (Å²) in [6.45, 7) is 7.78. The van der Waals surface area contributed by atoms with E-state index < -0.39 is 5.41 Å². The number of carbonyl (C=O) groups excluding carboxylic acids is 2. The predicted molar refractivity (Wildman–Crippen MR) is 81.3 cm³/mol. The van der Waals surface area contributed by atoms with Crippen LogP contribution in [0, 0.1) is 5.41 Å². The summed E-state index contributed by atoms with van der Waals surface area (Å²) in [5.74, 6) is -0.151. The van der Waals surface area contributed by atoms with E-state index in [4.69, 9.17) is 4.74 Å². The molecule has 1 rings (SSSR count). The van der Waals surface area contributed by atoms with Gasteiger partial charge in [0, 0.05) is 0 Å². The van der Waals surface area contributed by atoms with E-state index in [0.29, 0.717) is 6.61 Å². The van der Waals surface area contributed by atoms with Crippen LogP contribution in [0.4, 0.5) is 0 Å². The van der Waals surface area contributed by atoms with Crippen LogP contribution in [-0.4, -0.2) is 33.3 Å². The van der Waals surface area contributed by atoms with Gasteiger partial charge in [0.05, 0.1) is 0 Å². The molecule has 0 fully saturated rings. The summed E-state index contributed by atoms with van der Waals surface area (Å²) in [7, 11) is 0. The second-order valence-electron chi connectivity index (χ2n) is 5.55. The molecule has 3 nitrogen and oxygen atoms in total. The van der Waals surface area contributed by atoms with Crippen molar-refractivity contribution in [2.24, 2.45) is 5.41 Å². The average molecular weight is 341 g/mol. The number of hydrogen-bond acceptors (Lipinski definition) is 3. The molecule has 1 aromatic rings. The third-order valence-corrected chi connectivity index (χ3v) is 5.27. The van der Waals surface area contributed by atoms with Gasteiger partial charge < -0.3 is 0 Å². The molecule has 1 aromatic carbocycles. The first-order valence-electron chi connectivity index (χ1n) is 6.76. The van der Waals surface area contributed by atoms with Crippen molar-refractivity contribution in [3.8, 4) is 0 Å². The Balaban J connectivity index is 2.81. The maximum atomic E-state index is 12.2. The fraction of sp³-hybridized carbons (Fsp3) is 0.500. The molecule has 4 heteroatoms. The van der Waals surface area contributed by atoms with Crippen LogP contribution in [0.15, 0.2) is 30.3 Å². The molecule has 0 bridgehead atoms. The molecule has 0 spiro atoms. The second-order valence-corrected chi connectivity index (χ2v) is 8.23. The SMILES string of the molecule is CCOC(=O)C(CC(=O)C(C)(C)C)[Se]c1ccccc1. The molecule has 0 radical (unpaired) electrons. The molecule has 110 valence electrons. The van der Waals surface area contributed by atoms with Crippen molar-refractivity contribution in [3.63, 3.8) is 0 Å². The van der Waals surface area contributed by atoms with E-state index in [9.17, 15) is 9.59 Å². The zero-order valence-corrected chi connectivity index (χ0v) is 14.2. The molecule has 1 unspecified atom stereocenters. The Hall–Kier alpha value is -1.12. The van der Waals surface area contributed by atoms with Gasteiger partial charge in [0.2, 0.25) is 0 Å². The first-order valence-corrected chi connectivity index (χ1v) is 8.60. The molecule has 1 atom stereocenters. The molecular formula is C16H22O3Se. The Morgan fingerprint density at radius 1 is 1.20 bits per heavy atom. The molecule has 20 heavy (non-hydrogen) atoms. The maximum absolute atomic E-state index is 12.2. The van der Waals surface area contributed by atoms with Crippen LogP contribution in [0.3, 0.4) is 0 Å². The van der Waals surface area contributed by atoms with E-state index >= 15 is 0 Å². The van der Waals surface area contributed by atoms with Gasteiger partial charge in [-0.15, -0.1) is 0 Å². The summed E-state index contributed by atoms with van der Waals surface area (Å²) in [5, 5.41) is 0. The van der Waals surface area contributed by atoms with Crippen molar-refractivity contribution < 1.29 is 14.3 Å². The van der Waals surface area contributed by atoms with Gasteiger partial charge in [-0.3, -0.25) is 0 Å². The minimum absolute atomic E-state index is 0.0889. The van der Waals surface area contributed by atoms with Crippen LogP contribution < -0.4 is 4.46 Å². The van der Waals surface area contributed by atoms with Crippen LogP contribution in [-0.2, 0) is 14.3 Å². The Morgan fingerprint density at radius 2 is 1.80 bits per heavy atom. The van der Waals surface area contributed by atoms with Gasteiger partial charge in [0.25, 0.3) is 0 Å². The van der Waals surface area contributed by atoms with Crippen LogP contribution in [0.2, 0.25) is 4.82 Å². The molecule has 0 saturated heterocycles. The predicted octanol–water partition coefficient (Wildman–Crippen LogP) is 2.37. The van der Waals surface area contributed by atoms with Crippen molar-refractivity contribution >= 4 is 31.2 Å². The number of ketones is 1. The molecule has 0 amide bonds. The molecular weight excluding hydrogens is 319 g/mol. The quantitative estimate of drug-likeness (QED) is 0.589.